The summed E-state index contributed by atoms with van der Waals surface area (Å²) >= 11 is 0. The topological polar surface area (TPSA) is 43.6 Å². The number of imidazole rings is 1. The van der Waals surface area contributed by atoms with Crippen molar-refractivity contribution in [2.75, 3.05) is 0 Å². The number of ether oxygens (including phenoxy) is 1. The Morgan fingerprint density at radius 2 is 1.95 bits per heavy atom. The normalized spacial score (nSPS) is 10.8. The van der Waals surface area contributed by atoms with Gasteiger partial charge in [0.25, 0.3) is 0 Å². The minimum Gasteiger partial charge on any atom is -0.485 e. The second kappa shape index (κ2) is 5.40. The molecule has 106 valence electrons. The summed E-state index contributed by atoms with van der Waals surface area (Å²) in [5.74, 6) is 0.678. The van der Waals surface area contributed by atoms with Crippen molar-refractivity contribution in [1.29, 1.82) is 0 Å². The standard InChI is InChI=1S/C17H16N2O2/c1-12-16(13(2)20)19-10-6-9-15(17(19)18-12)21-11-14-7-4-3-5-8-14/h3-10H,11H2,1-2H3. The zero-order valence-electron chi connectivity index (χ0n) is 12.0. The van der Waals surface area contributed by atoms with E-state index in [4.69, 9.17) is 4.74 Å². The van der Waals surface area contributed by atoms with E-state index in [0.717, 1.165) is 11.3 Å². The number of carbonyl (C=O) groups excluding carboxylic acids is 1. The van der Waals surface area contributed by atoms with E-state index in [2.05, 4.69) is 4.98 Å². The highest BCUT2D eigenvalue weighted by molar-refractivity contribution is 5.94. The SMILES string of the molecule is CC(=O)c1c(C)nc2c(OCc3ccccc3)cccn12. The quantitative estimate of drug-likeness (QED) is 0.688. The molecule has 0 radical (unpaired) electrons. The molecular weight excluding hydrogens is 264 g/mol. The average molecular weight is 280 g/mol. The predicted octanol–water partition coefficient (Wildman–Crippen LogP) is 3.42. The Morgan fingerprint density at radius 1 is 1.19 bits per heavy atom. The van der Waals surface area contributed by atoms with E-state index in [9.17, 15) is 4.79 Å². The van der Waals surface area contributed by atoms with Crippen LogP contribution >= 0.6 is 0 Å². The highest BCUT2D eigenvalue weighted by atomic mass is 16.5. The lowest BCUT2D eigenvalue weighted by Gasteiger charge is -2.07. The number of rotatable bonds is 4. The van der Waals surface area contributed by atoms with Gasteiger partial charge in [-0.1, -0.05) is 30.3 Å². The molecule has 0 aliphatic rings. The van der Waals surface area contributed by atoms with E-state index < -0.39 is 0 Å². The van der Waals surface area contributed by atoms with Crippen LogP contribution in [-0.2, 0) is 6.61 Å². The number of ketones is 1. The Balaban J connectivity index is 1.96. The average Bonchev–Trinajstić information content (AvgIpc) is 2.82. The lowest BCUT2D eigenvalue weighted by Crippen LogP contribution is -2.01. The van der Waals surface area contributed by atoms with Crippen LogP contribution in [0.15, 0.2) is 48.7 Å². The number of aryl methyl sites for hydroxylation is 1. The van der Waals surface area contributed by atoms with Crippen molar-refractivity contribution in [3.63, 3.8) is 0 Å². The smallest absolute Gasteiger partial charge is 0.180 e. The van der Waals surface area contributed by atoms with Gasteiger partial charge in [-0.3, -0.25) is 9.20 Å². The summed E-state index contributed by atoms with van der Waals surface area (Å²) in [6.07, 6.45) is 1.83. The number of Topliss-reactive ketones (excluding diaryl/α,β-unsaturated/α-hetero) is 1. The molecular formula is C17H16N2O2. The Morgan fingerprint density at radius 3 is 2.67 bits per heavy atom. The van der Waals surface area contributed by atoms with Gasteiger partial charge in [0.05, 0.1) is 5.69 Å². The molecule has 0 amide bonds. The summed E-state index contributed by atoms with van der Waals surface area (Å²) < 4.78 is 7.65. The van der Waals surface area contributed by atoms with Gasteiger partial charge in [-0.15, -0.1) is 0 Å². The van der Waals surface area contributed by atoms with E-state index >= 15 is 0 Å². The summed E-state index contributed by atoms with van der Waals surface area (Å²) in [4.78, 5) is 16.2. The van der Waals surface area contributed by atoms with E-state index in [1.54, 1.807) is 11.3 Å². The van der Waals surface area contributed by atoms with E-state index in [0.29, 0.717) is 23.7 Å². The maximum absolute atomic E-state index is 11.7. The Kier molecular flexibility index (Phi) is 3.44. The lowest BCUT2D eigenvalue weighted by molar-refractivity contribution is 0.101. The summed E-state index contributed by atoms with van der Waals surface area (Å²) in [5, 5.41) is 0. The third-order valence-electron chi connectivity index (χ3n) is 3.36. The maximum Gasteiger partial charge on any atom is 0.180 e. The van der Waals surface area contributed by atoms with Gasteiger partial charge in [0.1, 0.15) is 12.3 Å². The van der Waals surface area contributed by atoms with Crippen LogP contribution in [0.5, 0.6) is 5.75 Å². The highest BCUT2D eigenvalue weighted by Crippen LogP contribution is 2.23. The number of aromatic nitrogens is 2. The molecule has 0 aliphatic carbocycles. The Labute approximate surface area is 123 Å². The number of carbonyl (C=O) groups is 1. The largest absolute Gasteiger partial charge is 0.485 e. The first kappa shape index (κ1) is 13.4. The van der Waals surface area contributed by atoms with Gasteiger partial charge in [0.15, 0.2) is 17.2 Å². The molecule has 1 aromatic carbocycles. The van der Waals surface area contributed by atoms with Crippen molar-refractivity contribution in [2.24, 2.45) is 0 Å². The summed E-state index contributed by atoms with van der Waals surface area (Å²) in [5.41, 5.74) is 3.10. The molecule has 3 rings (SSSR count). The predicted molar refractivity (Wildman–Crippen MR) is 80.7 cm³/mol. The van der Waals surface area contributed by atoms with Crippen LogP contribution in [0.1, 0.15) is 28.7 Å². The molecule has 0 aliphatic heterocycles. The number of hydrogen-bond donors (Lipinski definition) is 0. The lowest BCUT2D eigenvalue weighted by atomic mass is 10.2. The van der Waals surface area contributed by atoms with Gasteiger partial charge in [0, 0.05) is 13.1 Å². The van der Waals surface area contributed by atoms with Gasteiger partial charge in [-0.25, -0.2) is 4.98 Å². The monoisotopic (exact) mass is 280 g/mol. The molecule has 3 aromatic rings. The van der Waals surface area contributed by atoms with Crippen LogP contribution in [0, 0.1) is 6.92 Å². The first-order valence-corrected chi connectivity index (χ1v) is 6.82. The van der Waals surface area contributed by atoms with Crippen LogP contribution in [0.3, 0.4) is 0 Å². The molecule has 4 nitrogen and oxygen atoms in total. The number of pyridine rings is 1. The third kappa shape index (κ3) is 2.52. The van der Waals surface area contributed by atoms with E-state index in [-0.39, 0.29) is 5.78 Å². The van der Waals surface area contributed by atoms with Crippen molar-refractivity contribution in [1.82, 2.24) is 9.38 Å². The maximum atomic E-state index is 11.7. The number of nitrogens with zero attached hydrogens (tertiary/aromatic N) is 2. The summed E-state index contributed by atoms with van der Waals surface area (Å²) in [7, 11) is 0. The van der Waals surface area contributed by atoms with Crippen molar-refractivity contribution in [3.05, 3.63) is 65.6 Å². The fourth-order valence-electron chi connectivity index (χ4n) is 2.43. The van der Waals surface area contributed by atoms with Crippen LogP contribution < -0.4 is 4.74 Å². The minimum absolute atomic E-state index is 0.000194. The number of fused-ring (bicyclic) bond motifs is 1. The molecule has 0 N–H and O–H groups in total. The molecule has 0 bridgehead atoms. The fraction of sp³-hybridized carbons (Fsp3) is 0.176. The second-order valence-electron chi connectivity index (χ2n) is 4.94. The van der Waals surface area contributed by atoms with E-state index in [1.807, 2.05) is 55.6 Å². The van der Waals surface area contributed by atoms with Crippen LogP contribution in [-0.4, -0.2) is 15.2 Å². The Bertz CT molecular complexity index is 791. The van der Waals surface area contributed by atoms with Crippen LogP contribution in [0.25, 0.3) is 5.65 Å². The molecule has 21 heavy (non-hydrogen) atoms. The molecule has 2 aromatic heterocycles. The molecule has 0 saturated heterocycles. The van der Waals surface area contributed by atoms with Gasteiger partial charge < -0.3 is 4.74 Å². The number of hydrogen-bond acceptors (Lipinski definition) is 3. The van der Waals surface area contributed by atoms with Crippen molar-refractivity contribution < 1.29 is 9.53 Å². The molecule has 0 unspecified atom stereocenters. The molecule has 0 fully saturated rings. The van der Waals surface area contributed by atoms with Gasteiger partial charge in [-0.05, 0) is 24.6 Å². The first-order valence-electron chi connectivity index (χ1n) is 6.82. The zero-order chi connectivity index (χ0) is 14.8. The van der Waals surface area contributed by atoms with Crippen molar-refractivity contribution >= 4 is 11.4 Å². The molecule has 4 heteroatoms. The summed E-state index contributed by atoms with van der Waals surface area (Å²) in [6, 6.07) is 13.7. The number of benzene rings is 1. The Hall–Kier alpha value is -2.62. The van der Waals surface area contributed by atoms with Crippen molar-refractivity contribution in [2.45, 2.75) is 20.5 Å². The fourth-order valence-corrected chi connectivity index (χ4v) is 2.43. The highest BCUT2D eigenvalue weighted by Gasteiger charge is 2.15. The van der Waals surface area contributed by atoms with Crippen molar-refractivity contribution in [3.8, 4) is 5.75 Å². The molecule has 0 atom stereocenters. The van der Waals surface area contributed by atoms with Gasteiger partial charge in [-0.2, -0.15) is 0 Å². The summed E-state index contributed by atoms with van der Waals surface area (Å²) in [6.45, 7) is 3.86. The minimum atomic E-state index is 0.000194. The van der Waals surface area contributed by atoms with Crippen LogP contribution in [0.2, 0.25) is 0 Å². The molecule has 0 saturated carbocycles. The second-order valence-corrected chi connectivity index (χ2v) is 4.94. The zero-order valence-corrected chi connectivity index (χ0v) is 12.0. The molecule has 0 spiro atoms. The van der Waals surface area contributed by atoms with Gasteiger partial charge >= 0.3 is 0 Å². The van der Waals surface area contributed by atoms with Crippen LogP contribution in [0.4, 0.5) is 0 Å². The molecule has 2 heterocycles. The third-order valence-corrected chi connectivity index (χ3v) is 3.36. The van der Waals surface area contributed by atoms with Gasteiger partial charge in [0.2, 0.25) is 0 Å². The van der Waals surface area contributed by atoms with E-state index in [1.165, 1.54) is 0 Å². The first-order chi connectivity index (χ1) is 10.2.